The third kappa shape index (κ3) is 0.641. The molecule has 0 atom stereocenters. The quantitative estimate of drug-likeness (QED) is 0.531. The summed E-state index contributed by atoms with van der Waals surface area (Å²) in [7, 11) is 0. The highest BCUT2D eigenvalue weighted by atomic mass is 19.1. The highest BCUT2D eigenvalue weighted by molar-refractivity contribution is 5.85. The third-order valence-corrected chi connectivity index (χ3v) is 1.86. The van der Waals surface area contributed by atoms with Gasteiger partial charge in [0.1, 0.15) is 12.5 Å². The topological polar surface area (TPSA) is 17.1 Å². The Morgan fingerprint density at radius 2 is 2.25 bits per heavy atom. The van der Waals surface area contributed by atoms with Crippen LogP contribution in [-0.2, 0) is 4.79 Å². The van der Waals surface area contributed by atoms with Gasteiger partial charge in [-0.1, -0.05) is 0 Å². The SMILES string of the molecule is CC(=O)C1(CF)CC1. The zero-order valence-electron chi connectivity index (χ0n) is 4.91. The van der Waals surface area contributed by atoms with Gasteiger partial charge in [0.05, 0.1) is 5.41 Å². The average Bonchev–Trinajstić information content (AvgIpc) is 2.44. The van der Waals surface area contributed by atoms with Crippen LogP contribution in [0.3, 0.4) is 0 Å². The first-order valence-corrected chi connectivity index (χ1v) is 2.78. The van der Waals surface area contributed by atoms with E-state index in [-0.39, 0.29) is 5.78 Å². The Morgan fingerprint density at radius 3 is 2.25 bits per heavy atom. The number of alkyl halides is 1. The molecule has 0 radical (unpaired) electrons. The van der Waals surface area contributed by atoms with Crippen molar-refractivity contribution in [2.45, 2.75) is 19.8 Å². The fraction of sp³-hybridized carbons (Fsp3) is 0.833. The van der Waals surface area contributed by atoms with Crippen LogP contribution >= 0.6 is 0 Å². The number of hydrogen-bond donors (Lipinski definition) is 0. The van der Waals surface area contributed by atoms with Crippen LogP contribution in [0.15, 0.2) is 0 Å². The lowest BCUT2D eigenvalue weighted by Gasteiger charge is -2.01. The summed E-state index contributed by atoms with van der Waals surface area (Å²) in [6, 6.07) is 0. The van der Waals surface area contributed by atoms with E-state index in [2.05, 4.69) is 0 Å². The third-order valence-electron chi connectivity index (χ3n) is 1.86. The highest BCUT2D eigenvalue weighted by Gasteiger charge is 2.47. The van der Waals surface area contributed by atoms with Crippen LogP contribution in [-0.4, -0.2) is 12.5 Å². The molecule has 1 saturated carbocycles. The van der Waals surface area contributed by atoms with Crippen molar-refractivity contribution in [1.82, 2.24) is 0 Å². The molecule has 0 aliphatic heterocycles. The summed E-state index contributed by atoms with van der Waals surface area (Å²) in [5, 5.41) is 0. The Morgan fingerprint density at radius 1 is 1.75 bits per heavy atom. The number of carbonyl (C=O) groups excluding carboxylic acids is 1. The molecule has 2 heteroatoms. The van der Waals surface area contributed by atoms with Gasteiger partial charge in [-0.05, 0) is 19.8 Å². The lowest BCUT2D eigenvalue weighted by atomic mass is 10.1. The number of carbonyl (C=O) groups is 1. The fourth-order valence-electron chi connectivity index (χ4n) is 0.731. The van der Waals surface area contributed by atoms with Crippen molar-refractivity contribution in [3.63, 3.8) is 0 Å². The molecule has 1 nitrogen and oxygen atoms in total. The molecule has 46 valence electrons. The molecule has 1 fully saturated rings. The summed E-state index contributed by atoms with van der Waals surface area (Å²) in [6.07, 6.45) is 1.53. The standard InChI is InChI=1S/C6H9FO/c1-5(8)6(4-7)2-3-6/h2-4H2,1H3. The second kappa shape index (κ2) is 1.54. The van der Waals surface area contributed by atoms with Gasteiger partial charge in [-0.25, -0.2) is 0 Å². The monoisotopic (exact) mass is 116 g/mol. The van der Waals surface area contributed by atoms with Gasteiger partial charge in [0.2, 0.25) is 0 Å². The molecule has 1 rings (SSSR count). The summed E-state index contributed by atoms with van der Waals surface area (Å²) < 4.78 is 11.9. The summed E-state index contributed by atoms with van der Waals surface area (Å²) >= 11 is 0. The molecule has 1 aliphatic carbocycles. The predicted molar refractivity (Wildman–Crippen MR) is 28.3 cm³/mol. The summed E-state index contributed by atoms with van der Waals surface area (Å²) in [6.45, 7) is 1.01. The van der Waals surface area contributed by atoms with E-state index in [1.165, 1.54) is 6.92 Å². The molecule has 0 bridgehead atoms. The predicted octanol–water partition coefficient (Wildman–Crippen LogP) is 1.33. The van der Waals surface area contributed by atoms with Gasteiger partial charge in [0.25, 0.3) is 0 Å². The van der Waals surface area contributed by atoms with Crippen molar-refractivity contribution in [2.75, 3.05) is 6.67 Å². The van der Waals surface area contributed by atoms with Gasteiger partial charge in [-0.15, -0.1) is 0 Å². The largest absolute Gasteiger partial charge is 0.299 e. The van der Waals surface area contributed by atoms with Gasteiger partial charge in [-0.2, -0.15) is 0 Å². The van der Waals surface area contributed by atoms with Gasteiger partial charge >= 0.3 is 0 Å². The molecule has 0 N–H and O–H groups in total. The van der Waals surface area contributed by atoms with E-state index in [0.717, 1.165) is 12.8 Å². The normalized spacial score (nSPS) is 22.8. The second-order valence-corrected chi connectivity index (χ2v) is 2.47. The lowest BCUT2D eigenvalue weighted by Crippen LogP contribution is -2.13. The summed E-state index contributed by atoms with van der Waals surface area (Å²) in [4.78, 5) is 10.5. The smallest absolute Gasteiger partial charge is 0.138 e. The minimum atomic E-state index is -0.514. The number of halogens is 1. The van der Waals surface area contributed by atoms with Crippen LogP contribution in [0.2, 0.25) is 0 Å². The molecule has 1 aliphatic rings. The Hall–Kier alpha value is -0.400. The lowest BCUT2D eigenvalue weighted by molar-refractivity contribution is -0.122. The second-order valence-electron chi connectivity index (χ2n) is 2.47. The minimum absolute atomic E-state index is 0.0139. The van der Waals surface area contributed by atoms with E-state index in [0.29, 0.717) is 0 Å². The Kier molecular flexibility index (Phi) is 1.10. The average molecular weight is 116 g/mol. The van der Waals surface area contributed by atoms with E-state index in [1.807, 2.05) is 0 Å². The van der Waals surface area contributed by atoms with Crippen molar-refractivity contribution in [1.29, 1.82) is 0 Å². The Labute approximate surface area is 47.9 Å². The molecular weight excluding hydrogens is 107 g/mol. The van der Waals surface area contributed by atoms with Gasteiger partial charge < -0.3 is 0 Å². The number of hydrogen-bond acceptors (Lipinski definition) is 1. The maximum absolute atomic E-state index is 11.9. The molecular formula is C6H9FO. The first-order valence-electron chi connectivity index (χ1n) is 2.78. The number of Topliss-reactive ketones (excluding diaryl/α,β-unsaturated/α-hetero) is 1. The summed E-state index contributed by atoms with van der Waals surface area (Å²) in [5.74, 6) is 0.0139. The summed E-state index contributed by atoms with van der Waals surface area (Å²) in [5.41, 5.74) is -0.514. The number of ketones is 1. The van der Waals surface area contributed by atoms with Crippen LogP contribution in [0.4, 0.5) is 4.39 Å². The van der Waals surface area contributed by atoms with Crippen molar-refractivity contribution in [3.05, 3.63) is 0 Å². The van der Waals surface area contributed by atoms with Crippen LogP contribution < -0.4 is 0 Å². The first-order chi connectivity index (χ1) is 3.71. The van der Waals surface area contributed by atoms with Crippen LogP contribution in [0.1, 0.15) is 19.8 Å². The van der Waals surface area contributed by atoms with Gasteiger partial charge in [0, 0.05) is 0 Å². The molecule has 0 aromatic rings. The van der Waals surface area contributed by atoms with E-state index in [9.17, 15) is 9.18 Å². The van der Waals surface area contributed by atoms with E-state index >= 15 is 0 Å². The molecule has 0 aromatic heterocycles. The maximum atomic E-state index is 11.9. The Balaban J connectivity index is 2.53. The zero-order chi connectivity index (χ0) is 6.20. The molecule has 0 amide bonds. The van der Waals surface area contributed by atoms with E-state index in [4.69, 9.17) is 0 Å². The van der Waals surface area contributed by atoms with Crippen molar-refractivity contribution in [3.8, 4) is 0 Å². The van der Waals surface area contributed by atoms with E-state index in [1.54, 1.807) is 0 Å². The minimum Gasteiger partial charge on any atom is -0.299 e. The number of rotatable bonds is 2. The van der Waals surface area contributed by atoms with Crippen molar-refractivity contribution >= 4 is 5.78 Å². The molecule has 0 heterocycles. The Bertz CT molecular complexity index is 116. The van der Waals surface area contributed by atoms with E-state index < -0.39 is 12.1 Å². The van der Waals surface area contributed by atoms with Crippen molar-refractivity contribution in [2.24, 2.45) is 5.41 Å². The molecule has 8 heavy (non-hydrogen) atoms. The molecule has 0 unspecified atom stereocenters. The van der Waals surface area contributed by atoms with Gasteiger partial charge in [0.15, 0.2) is 0 Å². The molecule has 0 spiro atoms. The van der Waals surface area contributed by atoms with Gasteiger partial charge in [-0.3, -0.25) is 9.18 Å². The molecule has 0 aromatic carbocycles. The maximum Gasteiger partial charge on any atom is 0.138 e. The highest BCUT2D eigenvalue weighted by Crippen LogP contribution is 2.46. The van der Waals surface area contributed by atoms with Crippen LogP contribution in [0.5, 0.6) is 0 Å². The van der Waals surface area contributed by atoms with Crippen LogP contribution in [0.25, 0.3) is 0 Å². The van der Waals surface area contributed by atoms with Crippen molar-refractivity contribution < 1.29 is 9.18 Å². The fourth-order valence-corrected chi connectivity index (χ4v) is 0.731. The first kappa shape index (κ1) is 5.73. The molecule has 0 saturated heterocycles. The van der Waals surface area contributed by atoms with Crippen LogP contribution in [0, 0.1) is 5.41 Å². The zero-order valence-corrected chi connectivity index (χ0v) is 4.91.